The number of rotatable bonds is 4. The molecule has 9 heteroatoms. The molecular weight excluding hydrogens is 339 g/mol. The number of carbonyl (C=O) groups is 1. The Kier molecular flexibility index (Phi) is 4.32. The zero-order valence-corrected chi connectivity index (χ0v) is 13.6. The van der Waals surface area contributed by atoms with Crippen LogP contribution in [0.15, 0.2) is 24.3 Å². The Morgan fingerprint density at radius 3 is 2.72 bits per heavy atom. The minimum atomic E-state index is -4.54. The molecule has 0 saturated carbocycles. The summed E-state index contributed by atoms with van der Waals surface area (Å²) in [6.45, 7) is 3.34. The fraction of sp³-hybridized carbons (Fsp3) is 0.375. The molecule has 3 rings (SSSR count). The maximum atomic E-state index is 12.7. The number of nitrogens with zero attached hydrogens (tertiary/aromatic N) is 2. The fourth-order valence-electron chi connectivity index (χ4n) is 2.52. The number of amides is 1. The molecule has 1 aliphatic heterocycles. The van der Waals surface area contributed by atoms with E-state index >= 15 is 0 Å². The van der Waals surface area contributed by atoms with Crippen molar-refractivity contribution in [3.05, 3.63) is 41.2 Å². The first-order valence-corrected chi connectivity index (χ1v) is 7.55. The Morgan fingerprint density at radius 2 is 2.04 bits per heavy atom. The number of hydrogen-bond acceptors (Lipinski definition) is 4. The van der Waals surface area contributed by atoms with E-state index in [4.69, 9.17) is 9.47 Å². The van der Waals surface area contributed by atoms with Crippen LogP contribution in [0.25, 0.3) is 0 Å². The molecule has 134 valence electrons. The zero-order chi connectivity index (χ0) is 18.2. The Balaban J connectivity index is 1.66. The standard InChI is InChI=1S/C16H16F3N3O3/c1-9-5-14(16(17,18)19)21-22(9)10(2)15(23)20-7-11-3-4-12-13(6-11)25-8-24-12/h3-6,10H,7-8H2,1-2H3,(H,20,23)/t10-/m1/s1. The number of aryl methyl sites for hydroxylation is 1. The van der Waals surface area contributed by atoms with Gasteiger partial charge in [-0.25, -0.2) is 0 Å². The van der Waals surface area contributed by atoms with Gasteiger partial charge in [-0.05, 0) is 37.6 Å². The molecule has 0 unspecified atom stereocenters. The molecule has 1 N–H and O–H groups in total. The first kappa shape index (κ1) is 17.1. The van der Waals surface area contributed by atoms with Crippen molar-refractivity contribution in [1.29, 1.82) is 0 Å². The highest BCUT2D eigenvalue weighted by atomic mass is 19.4. The van der Waals surface area contributed by atoms with E-state index < -0.39 is 23.8 Å². The van der Waals surface area contributed by atoms with Gasteiger partial charge in [0.05, 0.1) is 0 Å². The first-order valence-electron chi connectivity index (χ1n) is 7.55. The lowest BCUT2D eigenvalue weighted by molar-refractivity contribution is -0.142. The van der Waals surface area contributed by atoms with Crippen molar-refractivity contribution < 1.29 is 27.4 Å². The predicted molar refractivity (Wildman–Crippen MR) is 81.1 cm³/mol. The van der Waals surface area contributed by atoms with E-state index in [-0.39, 0.29) is 19.0 Å². The highest BCUT2D eigenvalue weighted by Gasteiger charge is 2.35. The molecule has 0 saturated heterocycles. The second-order valence-corrected chi connectivity index (χ2v) is 5.69. The maximum absolute atomic E-state index is 12.7. The molecule has 6 nitrogen and oxygen atoms in total. The van der Waals surface area contributed by atoms with Crippen LogP contribution in [0.5, 0.6) is 11.5 Å². The van der Waals surface area contributed by atoms with E-state index in [1.165, 1.54) is 13.8 Å². The summed E-state index contributed by atoms with van der Waals surface area (Å²) in [6.07, 6.45) is -4.54. The minimum absolute atomic E-state index is 0.155. The summed E-state index contributed by atoms with van der Waals surface area (Å²) in [5, 5.41) is 6.18. The molecule has 1 aromatic carbocycles. The van der Waals surface area contributed by atoms with Crippen LogP contribution < -0.4 is 14.8 Å². The van der Waals surface area contributed by atoms with Gasteiger partial charge >= 0.3 is 6.18 Å². The topological polar surface area (TPSA) is 65.4 Å². The summed E-state index contributed by atoms with van der Waals surface area (Å²) in [5.74, 6) is 0.797. The molecule has 0 fully saturated rings. The Bertz CT molecular complexity index is 802. The highest BCUT2D eigenvalue weighted by molar-refractivity contribution is 5.79. The number of carbonyl (C=O) groups excluding carboxylic acids is 1. The summed E-state index contributed by atoms with van der Waals surface area (Å²) in [4.78, 5) is 12.3. The van der Waals surface area contributed by atoms with E-state index in [9.17, 15) is 18.0 Å². The van der Waals surface area contributed by atoms with Gasteiger partial charge in [0.2, 0.25) is 12.7 Å². The van der Waals surface area contributed by atoms with Gasteiger partial charge in [0.15, 0.2) is 17.2 Å². The summed E-state index contributed by atoms with van der Waals surface area (Å²) < 4.78 is 49.7. The van der Waals surface area contributed by atoms with Crippen LogP contribution in [0, 0.1) is 6.92 Å². The molecule has 0 aliphatic carbocycles. The Labute approximate surface area is 141 Å². The third-order valence-electron chi connectivity index (χ3n) is 3.86. The number of fused-ring (bicyclic) bond motifs is 1. The highest BCUT2D eigenvalue weighted by Crippen LogP contribution is 2.32. The van der Waals surface area contributed by atoms with Crippen LogP contribution in [0.2, 0.25) is 0 Å². The summed E-state index contributed by atoms with van der Waals surface area (Å²) >= 11 is 0. The number of benzene rings is 1. The van der Waals surface area contributed by atoms with Gasteiger partial charge in [0.1, 0.15) is 6.04 Å². The molecule has 2 aromatic rings. The lowest BCUT2D eigenvalue weighted by atomic mass is 10.2. The summed E-state index contributed by atoms with van der Waals surface area (Å²) in [7, 11) is 0. The van der Waals surface area contributed by atoms with Gasteiger partial charge in [-0.15, -0.1) is 0 Å². The average Bonchev–Trinajstić information content (AvgIpc) is 3.17. The quantitative estimate of drug-likeness (QED) is 0.916. The fourth-order valence-corrected chi connectivity index (χ4v) is 2.52. The minimum Gasteiger partial charge on any atom is -0.454 e. The van der Waals surface area contributed by atoms with Gasteiger partial charge in [0, 0.05) is 12.2 Å². The van der Waals surface area contributed by atoms with Gasteiger partial charge < -0.3 is 14.8 Å². The number of nitrogens with one attached hydrogen (secondary N) is 1. The van der Waals surface area contributed by atoms with Crippen molar-refractivity contribution in [2.75, 3.05) is 6.79 Å². The second-order valence-electron chi connectivity index (χ2n) is 5.69. The molecule has 1 atom stereocenters. The van der Waals surface area contributed by atoms with E-state index in [1.54, 1.807) is 18.2 Å². The molecular formula is C16H16F3N3O3. The number of halogens is 3. The molecule has 25 heavy (non-hydrogen) atoms. The smallest absolute Gasteiger partial charge is 0.435 e. The second kappa shape index (κ2) is 6.30. The van der Waals surface area contributed by atoms with Crippen molar-refractivity contribution in [1.82, 2.24) is 15.1 Å². The average molecular weight is 355 g/mol. The molecule has 2 heterocycles. The molecule has 1 amide bonds. The van der Waals surface area contributed by atoms with Crippen LogP contribution in [-0.4, -0.2) is 22.5 Å². The first-order chi connectivity index (χ1) is 11.8. The van der Waals surface area contributed by atoms with E-state index in [0.29, 0.717) is 11.5 Å². The third kappa shape index (κ3) is 3.54. The van der Waals surface area contributed by atoms with E-state index in [1.807, 2.05) is 0 Å². The van der Waals surface area contributed by atoms with Crippen molar-refractivity contribution >= 4 is 5.91 Å². The molecule has 0 spiro atoms. The van der Waals surface area contributed by atoms with Gasteiger partial charge in [-0.3, -0.25) is 9.48 Å². The SMILES string of the molecule is Cc1cc(C(F)(F)F)nn1[C@H](C)C(=O)NCc1ccc2c(c1)OCO2. The maximum Gasteiger partial charge on any atom is 0.435 e. The lowest BCUT2D eigenvalue weighted by Crippen LogP contribution is -2.31. The Hall–Kier alpha value is -2.71. The van der Waals surface area contributed by atoms with Crippen LogP contribution in [0.4, 0.5) is 13.2 Å². The van der Waals surface area contributed by atoms with Crippen molar-refractivity contribution in [2.24, 2.45) is 0 Å². The molecule has 0 bridgehead atoms. The number of hydrogen-bond donors (Lipinski definition) is 1. The third-order valence-corrected chi connectivity index (χ3v) is 3.86. The van der Waals surface area contributed by atoms with E-state index in [0.717, 1.165) is 16.3 Å². The van der Waals surface area contributed by atoms with Gasteiger partial charge in [-0.2, -0.15) is 18.3 Å². The number of alkyl halides is 3. The van der Waals surface area contributed by atoms with Crippen LogP contribution in [-0.2, 0) is 17.5 Å². The van der Waals surface area contributed by atoms with Crippen LogP contribution in [0.3, 0.4) is 0 Å². The number of aromatic nitrogens is 2. The molecule has 1 aliphatic rings. The molecule has 0 radical (unpaired) electrons. The van der Waals surface area contributed by atoms with Gasteiger partial charge in [0.25, 0.3) is 0 Å². The Morgan fingerprint density at radius 1 is 1.32 bits per heavy atom. The van der Waals surface area contributed by atoms with Crippen molar-refractivity contribution in [2.45, 2.75) is 32.6 Å². The van der Waals surface area contributed by atoms with Crippen LogP contribution >= 0.6 is 0 Å². The summed E-state index contributed by atoms with van der Waals surface area (Å²) in [6, 6.07) is 5.31. The normalized spacial score (nSPS) is 14.4. The van der Waals surface area contributed by atoms with Gasteiger partial charge in [-0.1, -0.05) is 6.07 Å². The monoisotopic (exact) mass is 355 g/mol. The van der Waals surface area contributed by atoms with Crippen LogP contribution in [0.1, 0.15) is 29.9 Å². The summed E-state index contributed by atoms with van der Waals surface area (Å²) in [5.41, 5.74) is 0.0384. The zero-order valence-electron chi connectivity index (χ0n) is 13.6. The largest absolute Gasteiger partial charge is 0.454 e. The molecule has 1 aromatic heterocycles. The van der Waals surface area contributed by atoms with E-state index in [2.05, 4.69) is 10.4 Å². The number of ether oxygens (including phenoxy) is 2. The lowest BCUT2D eigenvalue weighted by Gasteiger charge is -2.14. The van der Waals surface area contributed by atoms with Crippen molar-refractivity contribution in [3.63, 3.8) is 0 Å². The predicted octanol–water partition coefficient (Wildman–Crippen LogP) is 2.82. The van der Waals surface area contributed by atoms with Crippen molar-refractivity contribution in [3.8, 4) is 11.5 Å².